The van der Waals surface area contributed by atoms with Crippen molar-refractivity contribution in [1.82, 2.24) is 0 Å². The molecule has 8 atom stereocenters. The highest BCUT2D eigenvalue weighted by Crippen LogP contribution is 2.39. The van der Waals surface area contributed by atoms with E-state index in [4.69, 9.17) is 74.6 Å². The van der Waals surface area contributed by atoms with Gasteiger partial charge in [-0.2, -0.15) is 0 Å². The molecule has 38 nitrogen and oxygen atoms in total. The van der Waals surface area contributed by atoms with Crippen LogP contribution in [0, 0.1) is 23.7 Å². The Morgan fingerprint density at radius 3 is 0.919 bits per heavy atom. The maximum absolute atomic E-state index is 12.0. The van der Waals surface area contributed by atoms with E-state index in [2.05, 4.69) is 16.0 Å². The molecule has 546 valence electrons. The number of hydrogen-bond donors (Lipinski definition) is 21. The van der Waals surface area contributed by atoms with Crippen LogP contribution >= 0.6 is 0 Å². The van der Waals surface area contributed by atoms with Crippen molar-refractivity contribution in [3.05, 3.63) is 81.8 Å². The molecule has 0 radical (unpaired) electrons. The maximum Gasteiger partial charge on any atom is 0.451 e. The largest absolute Gasteiger partial charge is 0.480 e. The zero-order valence-corrected chi connectivity index (χ0v) is 55.5. The number of hydrogen-bond acceptors (Lipinski definition) is 34. The fraction of sp³-hybridized carbons (Fsp3) is 0.649. The van der Waals surface area contributed by atoms with Crippen LogP contribution in [0.15, 0.2) is 38.4 Å². The molecule has 27 N–H and O–H groups in total. The van der Waals surface area contributed by atoms with E-state index in [0.717, 1.165) is 0 Å². The molecule has 4 saturated heterocycles. The number of nitrogens with one attached hydrogen (secondary N) is 3. The highest BCUT2D eigenvalue weighted by molar-refractivity contribution is 6.41. The Labute approximate surface area is 567 Å². The zero-order chi connectivity index (χ0) is 74.6. The second-order valence-electron chi connectivity index (χ2n) is 26.0. The van der Waals surface area contributed by atoms with Crippen LogP contribution in [-0.2, 0) is 19.2 Å². The highest BCUT2D eigenvalue weighted by atomic mass is 16.4. The van der Waals surface area contributed by atoms with Gasteiger partial charge in [0.2, 0.25) is 0 Å². The fourth-order valence-electron chi connectivity index (χ4n) is 13.3. The Balaban J connectivity index is 0.000000238. The number of nitrogens with two attached hydrogens (primary N) is 6. The average molecular weight is 1400 g/mol. The summed E-state index contributed by atoms with van der Waals surface area (Å²) >= 11 is 0. The number of carboxylic acid groups (broad SMARTS) is 4. The topological polar surface area (TPSA) is 656 Å². The van der Waals surface area contributed by atoms with Gasteiger partial charge < -0.3 is 135 Å². The first kappa shape index (κ1) is 82.0. The molecule has 4 aliphatic rings. The van der Waals surface area contributed by atoms with Gasteiger partial charge in [0.1, 0.15) is 67.7 Å². The van der Waals surface area contributed by atoms with Crippen molar-refractivity contribution >= 4 is 97.8 Å². The lowest BCUT2D eigenvalue weighted by molar-refractivity contribution is -0.145. The van der Waals surface area contributed by atoms with Crippen LogP contribution in [-0.4, -0.2) is 234 Å². The summed E-state index contributed by atoms with van der Waals surface area (Å²) in [6.07, 6.45) is 4.12. The zero-order valence-electron chi connectivity index (χ0n) is 55.5. The van der Waals surface area contributed by atoms with Gasteiger partial charge in [0.25, 0.3) is 43.4 Å². The van der Waals surface area contributed by atoms with Gasteiger partial charge in [-0.05, 0) is 70.9 Å². The van der Waals surface area contributed by atoms with Gasteiger partial charge in [-0.25, -0.2) is 0 Å². The molecular weight excluding hydrogens is 1310 g/mol. The van der Waals surface area contributed by atoms with Crippen molar-refractivity contribution in [2.24, 2.45) is 58.1 Å². The van der Waals surface area contributed by atoms with Crippen LogP contribution in [0.1, 0.15) is 64.7 Å². The summed E-state index contributed by atoms with van der Waals surface area (Å²) in [6, 6.07) is 0. The van der Waals surface area contributed by atoms with Crippen LogP contribution in [0.3, 0.4) is 0 Å². The molecule has 8 rings (SSSR count). The van der Waals surface area contributed by atoms with Crippen molar-refractivity contribution in [2.45, 2.75) is 112 Å². The lowest BCUT2D eigenvalue weighted by Gasteiger charge is -2.27. The Morgan fingerprint density at radius 2 is 0.677 bits per heavy atom. The molecule has 0 saturated carbocycles. The summed E-state index contributed by atoms with van der Waals surface area (Å²) in [7, 11) is -2.54. The first-order chi connectivity index (χ1) is 46.2. The number of carboxylic acids is 4. The molecule has 4 aliphatic heterocycles. The smallest absolute Gasteiger partial charge is 0.451 e. The molecule has 4 fully saturated rings. The summed E-state index contributed by atoms with van der Waals surface area (Å²) in [4.78, 5) is 149. The van der Waals surface area contributed by atoms with Gasteiger partial charge in [0.05, 0.1) is 0 Å². The molecular formula is C57H92B4N14O24. The monoisotopic (exact) mass is 1400 g/mol. The van der Waals surface area contributed by atoms with Crippen molar-refractivity contribution in [1.29, 1.82) is 0 Å². The van der Waals surface area contributed by atoms with Gasteiger partial charge in [-0.1, -0.05) is 25.7 Å². The van der Waals surface area contributed by atoms with Gasteiger partial charge in [0, 0.05) is 116 Å². The molecule has 0 bridgehead atoms. The predicted octanol–water partition coefficient (Wildman–Crippen LogP) is -9.36. The third-order valence-electron chi connectivity index (χ3n) is 18.9. The number of rotatable bonds is 34. The van der Waals surface area contributed by atoms with E-state index < -0.39 is 142 Å². The SMILES string of the molecule is CCNc1c(N2C[C@H](CCCB(O)O)[C@](N)(C(=O)O)C2)c(=O)c1=O.CN(C)c1c(N2C[C@H](CCCB(O)O)[C@](N)(C(=O)O)C2)c(=O)c1=O.NCCCNc1c(N2C[C@H](CCCB(O)O)[C@](N)(C(=O)O)C2)c(=O)c1=O.NCCNc1c(N2C[C@H](CCCB(O)O)[C@](N)(C(=O)O)C2)c(=O)c1=O. The van der Waals surface area contributed by atoms with Crippen LogP contribution in [0.5, 0.6) is 0 Å². The van der Waals surface area contributed by atoms with Crippen molar-refractivity contribution in [2.75, 3.05) is 140 Å². The second-order valence-corrected chi connectivity index (χ2v) is 26.0. The molecule has 42 heteroatoms. The Hall–Kier alpha value is -7.70. The molecule has 4 aromatic carbocycles. The normalized spacial score (nSPS) is 23.3. The van der Waals surface area contributed by atoms with Crippen LogP contribution < -0.4 is 118 Å². The summed E-state index contributed by atoms with van der Waals surface area (Å²) in [5.41, 5.74) is 25.3. The molecule has 99 heavy (non-hydrogen) atoms. The first-order valence-corrected chi connectivity index (χ1v) is 32.4. The van der Waals surface area contributed by atoms with Crippen molar-refractivity contribution < 1.29 is 79.8 Å². The third kappa shape index (κ3) is 18.3. The van der Waals surface area contributed by atoms with E-state index in [1.165, 1.54) is 9.80 Å². The second kappa shape index (κ2) is 34.6. The van der Waals surface area contributed by atoms with Crippen LogP contribution in [0.4, 0.5) is 45.5 Å². The molecule has 4 heterocycles. The molecule has 0 amide bonds. The summed E-state index contributed by atoms with van der Waals surface area (Å²) in [5, 5.41) is 118. The van der Waals surface area contributed by atoms with Gasteiger partial charge >= 0.3 is 52.4 Å². The van der Waals surface area contributed by atoms with E-state index in [1.54, 1.807) is 35.7 Å². The Morgan fingerprint density at radius 1 is 0.414 bits per heavy atom. The molecule has 4 aromatic rings. The molecule has 0 aromatic heterocycles. The van der Waals surface area contributed by atoms with E-state index in [9.17, 15) is 78.0 Å². The molecule has 0 unspecified atom stereocenters. The van der Waals surface area contributed by atoms with Crippen molar-refractivity contribution in [3.63, 3.8) is 0 Å². The average Bonchev–Trinajstić information content (AvgIpc) is 1.74. The maximum atomic E-state index is 12.0. The molecule has 0 spiro atoms. The summed E-state index contributed by atoms with van der Waals surface area (Å²) in [6.45, 7) is 4.26. The Bertz CT molecular complexity index is 3760. The van der Waals surface area contributed by atoms with Crippen molar-refractivity contribution in [3.8, 4) is 0 Å². The number of aliphatic carboxylic acids is 4. The third-order valence-corrected chi connectivity index (χ3v) is 18.9. The van der Waals surface area contributed by atoms with Gasteiger partial charge in [-0.15, -0.1) is 0 Å². The summed E-state index contributed by atoms with van der Waals surface area (Å²) in [5.74, 6) is -6.64. The minimum Gasteiger partial charge on any atom is -0.480 e. The van der Waals surface area contributed by atoms with E-state index in [-0.39, 0.29) is 130 Å². The number of anilines is 8. The van der Waals surface area contributed by atoms with E-state index in [1.807, 2.05) is 0 Å². The lowest BCUT2D eigenvalue weighted by atomic mass is 9.78. The van der Waals surface area contributed by atoms with Gasteiger partial charge in [-0.3, -0.25) is 57.5 Å². The fourth-order valence-corrected chi connectivity index (χ4v) is 13.3. The van der Waals surface area contributed by atoms with Crippen LogP contribution in [0.2, 0.25) is 25.3 Å². The minimum absolute atomic E-state index is 0.0691. The lowest BCUT2D eigenvalue weighted by Crippen LogP contribution is -2.55. The quantitative estimate of drug-likeness (QED) is 0.0117. The van der Waals surface area contributed by atoms with E-state index in [0.29, 0.717) is 84.0 Å². The molecule has 0 aliphatic carbocycles. The standard InChI is InChI=1S/C15H25BN4O6.C14H23BN4O6.2C14H22BN3O6/c17-5-2-6-19-10-11(13(22)12(10)21)20-7-9(3-1-4-16(25)26)15(18,8-20)14(23)24;16-4-5-18-9-10(12(21)11(9)20)19-6-8(2-1-3-15(24)25)14(17,7-19)13(22)23;1-17(2)9-10(12(20)11(9)19)18-6-8(4-3-5-15(23)24)14(16,7-18)13(21)22;1-2-17-9-10(12(20)11(9)19)18-6-8(4-3-5-15(23)24)14(16,7-18)13(21)22/h9,19,25-26H,1-8,17-18H2,(H,23,24);8,18,24-25H,1-7,16-17H2,(H,22,23);8,23-24H,3-7,16H2,1-2H3,(H,21,22);8,17,23-24H,2-7,16H2,1H3,(H,21,22)/t9-,15-;3*8-,14-/m0000/s1. The van der Waals surface area contributed by atoms with E-state index >= 15 is 0 Å². The highest BCUT2D eigenvalue weighted by Gasteiger charge is 2.55. The number of nitrogens with zero attached hydrogens (tertiary/aromatic N) is 5. The minimum atomic E-state index is -1.58. The number of carbonyl (C=O) groups is 4. The summed E-state index contributed by atoms with van der Waals surface area (Å²) < 4.78 is 0. The predicted molar refractivity (Wildman–Crippen MR) is 372 cm³/mol. The van der Waals surface area contributed by atoms with Crippen LogP contribution in [0.25, 0.3) is 0 Å². The van der Waals surface area contributed by atoms with Gasteiger partial charge in [0.15, 0.2) is 0 Å². The Kier molecular flexibility index (Phi) is 28.6. The first-order valence-electron chi connectivity index (χ1n) is 32.4.